The van der Waals surface area contributed by atoms with Crippen molar-refractivity contribution in [2.24, 2.45) is 10.7 Å². The molecule has 0 spiro atoms. The van der Waals surface area contributed by atoms with Crippen molar-refractivity contribution in [3.63, 3.8) is 0 Å². The smallest absolute Gasteiger partial charge is 0.189 e. The molecular formula is C15H21BrFN3O. The lowest BCUT2D eigenvalue weighted by atomic mass is 9.76. The van der Waals surface area contributed by atoms with Crippen LogP contribution in [0.3, 0.4) is 0 Å². The molecule has 21 heavy (non-hydrogen) atoms. The zero-order chi connectivity index (χ0) is 15.4. The Bertz CT molecular complexity index is 518. The van der Waals surface area contributed by atoms with Gasteiger partial charge in [-0.05, 0) is 59.3 Å². The molecule has 0 aromatic heterocycles. The van der Waals surface area contributed by atoms with Crippen molar-refractivity contribution in [2.75, 3.05) is 13.7 Å². The van der Waals surface area contributed by atoms with E-state index in [1.54, 1.807) is 7.11 Å². The van der Waals surface area contributed by atoms with Crippen molar-refractivity contribution < 1.29 is 9.13 Å². The summed E-state index contributed by atoms with van der Waals surface area (Å²) in [4.78, 5) is 4.46. The minimum atomic E-state index is -0.229. The number of methoxy groups -OCH3 is 1. The first kappa shape index (κ1) is 16.2. The van der Waals surface area contributed by atoms with Crippen molar-refractivity contribution in [1.82, 2.24) is 5.32 Å². The van der Waals surface area contributed by atoms with E-state index in [2.05, 4.69) is 26.2 Å². The number of ether oxygens (including phenoxy) is 1. The molecule has 0 radical (unpaired) electrons. The fourth-order valence-corrected chi connectivity index (χ4v) is 2.91. The molecule has 4 nitrogen and oxygen atoms in total. The number of nitrogens with two attached hydrogens (primary N) is 1. The van der Waals surface area contributed by atoms with Crippen LogP contribution in [0.5, 0.6) is 0 Å². The lowest BCUT2D eigenvalue weighted by Crippen LogP contribution is -2.42. The highest BCUT2D eigenvalue weighted by molar-refractivity contribution is 9.10. The van der Waals surface area contributed by atoms with Gasteiger partial charge in [0.2, 0.25) is 0 Å². The third-order valence-electron chi connectivity index (χ3n) is 3.66. The van der Waals surface area contributed by atoms with Crippen molar-refractivity contribution in [2.45, 2.75) is 37.8 Å². The predicted molar refractivity (Wildman–Crippen MR) is 86.0 cm³/mol. The van der Waals surface area contributed by atoms with E-state index in [-0.39, 0.29) is 17.9 Å². The van der Waals surface area contributed by atoms with Crippen LogP contribution in [-0.2, 0) is 4.74 Å². The van der Waals surface area contributed by atoms with Crippen LogP contribution in [0.2, 0.25) is 0 Å². The first-order valence-corrected chi connectivity index (χ1v) is 7.82. The van der Waals surface area contributed by atoms with Gasteiger partial charge in [-0.25, -0.2) is 4.39 Å². The van der Waals surface area contributed by atoms with Crippen LogP contribution in [-0.4, -0.2) is 31.8 Å². The van der Waals surface area contributed by atoms with Gasteiger partial charge in [0.05, 0.1) is 17.1 Å². The number of guanidine groups is 1. The van der Waals surface area contributed by atoms with Gasteiger partial charge in [-0.2, -0.15) is 0 Å². The van der Waals surface area contributed by atoms with Gasteiger partial charge >= 0.3 is 0 Å². The summed E-state index contributed by atoms with van der Waals surface area (Å²) in [6.07, 6.45) is 1.89. The molecule has 0 saturated heterocycles. The number of benzene rings is 1. The van der Waals surface area contributed by atoms with E-state index in [9.17, 15) is 4.39 Å². The number of rotatable bonds is 5. The largest absolute Gasteiger partial charge is 0.383 e. The maximum atomic E-state index is 13.2. The Kier molecular flexibility index (Phi) is 5.58. The molecule has 6 heteroatoms. The Balaban J connectivity index is 1.84. The number of halogens is 2. The number of nitrogens with zero attached hydrogens (tertiary/aromatic N) is 1. The molecule has 3 N–H and O–H groups in total. The average molecular weight is 358 g/mol. The highest BCUT2D eigenvalue weighted by Gasteiger charge is 2.30. The van der Waals surface area contributed by atoms with Crippen LogP contribution in [0, 0.1) is 5.82 Å². The summed E-state index contributed by atoms with van der Waals surface area (Å²) in [7, 11) is 1.66. The van der Waals surface area contributed by atoms with Crippen LogP contribution < -0.4 is 11.1 Å². The number of nitrogens with one attached hydrogen (secondary N) is 1. The third kappa shape index (κ3) is 4.41. The molecule has 116 valence electrons. The summed E-state index contributed by atoms with van der Waals surface area (Å²) in [5, 5.41) is 3.10. The zero-order valence-electron chi connectivity index (χ0n) is 12.3. The van der Waals surface area contributed by atoms with Gasteiger partial charge in [-0.1, -0.05) is 6.07 Å². The summed E-state index contributed by atoms with van der Waals surface area (Å²) in [6, 6.07) is 5.57. The maximum absolute atomic E-state index is 13.2. The van der Waals surface area contributed by atoms with E-state index >= 15 is 0 Å². The molecule has 1 fully saturated rings. The molecule has 1 atom stereocenters. The first-order valence-electron chi connectivity index (χ1n) is 7.03. The topological polar surface area (TPSA) is 59.6 Å². The molecule has 1 aromatic carbocycles. The van der Waals surface area contributed by atoms with Crippen LogP contribution in [0.4, 0.5) is 4.39 Å². The number of hydrogen-bond acceptors (Lipinski definition) is 2. The van der Waals surface area contributed by atoms with Gasteiger partial charge in [0.15, 0.2) is 5.96 Å². The standard InChI is InChI=1S/C15H21BrFN3O/c1-9(8-21-2)19-15(18)20-12-5-11(6-12)10-3-4-14(17)13(16)7-10/h3-4,7,9,11-12H,5-6,8H2,1-2H3,(H3,18,19,20). The van der Waals surface area contributed by atoms with Crippen molar-refractivity contribution in [3.8, 4) is 0 Å². The molecule has 1 aliphatic carbocycles. The molecule has 1 saturated carbocycles. The van der Waals surface area contributed by atoms with E-state index in [0.29, 0.717) is 23.0 Å². The highest BCUT2D eigenvalue weighted by Crippen LogP contribution is 2.39. The Morgan fingerprint density at radius 2 is 2.29 bits per heavy atom. The van der Waals surface area contributed by atoms with Gasteiger partial charge < -0.3 is 15.8 Å². The normalized spacial score (nSPS) is 23.5. The van der Waals surface area contributed by atoms with Crippen LogP contribution in [0.15, 0.2) is 27.7 Å². The molecule has 0 heterocycles. The Morgan fingerprint density at radius 1 is 1.57 bits per heavy atom. The number of hydrogen-bond donors (Lipinski definition) is 2. The summed E-state index contributed by atoms with van der Waals surface area (Å²) < 4.78 is 18.8. The van der Waals surface area contributed by atoms with Gasteiger partial charge in [0.1, 0.15) is 5.82 Å². The van der Waals surface area contributed by atoms with Crippen molar-refractivity contribution in [3.05, 3.63) is 34.1 Å². The Labute approximate surface area is 133 Å². The minimum Gasteiger partial charge on any atom is -0.383 e. The fraction of sp³-hybridized carbons (Fsp3) is 0.533. The zero-order valence-corrected chi connectivity index (χ0v) is 13.9. The maximum Gasteiger partial charge on any atom is 0.189 e. The fourth-order valence-electron chi connectivity index (χ4n) is 2.51. The van der Waals surface area contributed by atoms with E-state index in [4.69, 9.17) is 10.5 Å². The molecule has 1 aromatic rings. The van der Waals surface area contributed by atoms with Gasteiger partial charge in [0.25, 0.3) is 0 Å². The second kappa shape index (κ2) is 7.22. The molecule has 2 rings (SSSR count). The van der Waals surface area contributed by atoms with E-state index < -0.39 is 0 Å². The Hall–Kier alpha value is -1.14. The van der Waals surface area contributed by atoms with Gasteiger partial charge in [-0.15, -0.1) is 0 Å². The van der Waals surface area contributed by atoms with Crippen molar-refractivity contribution >= 4 is 21.9 Å². The molecule has 1 aliphatic rings. The third-order valence-corrected chi connectivity index (χ3v) is 4.27. The predicted octanol–water partition coefficient (Wildman–Crippen LogP) is 2.77. The monoisotopic (exact) mass is 357 g/mol. The Morgan fingerprint density at radius 3 is 2.90 bits per heavy atom. The van der Waals surface area contributed by atoms with Gasteiger partial charge in [0, 0.05) is 13.2 Å². The quantitative estimate of drug-likeness (QED) is 0.629. The second-order valence-corrected chi connectivity index (χ2v) is 6.37. The number of aliphatic imine (C=N–C) groups is 1. The molecular weight excluding hydrogens is 337 g/mol. The molecule has 0 amide bonds. The van der Waals surface area contributed by atoms with Crippen molar-refractivity contribution in [1.29, 1.82) is 0 Å². The second-order valence-electron chi connectivity index (χ2n) is 5.51. The van der Waals surface area contributed by atoms with E-state index in [0.717, 1.165) is 18.4 Å². The minimum absolute atomic E-state index is 0.141. The average Bonchev–Trinajstić information content (AvgIpc) is 2.37. The van der Waals surface area contributed by atoms with E-state index in [1.807, 2.05) is 19.1 Å². The molecule has 1 unspecified atom stereocenters. The lowest BCUT2D eigenvalue weighted by Gasteiger charge is -2.33. The summed E-state index contributed by atoms with van der Waals surface area (Å²) in [5.41, 5.74) is 7.02. The SMILES string of the molecule is COCC(C)NC(N)=NC1CC(c2ccc(F)c(Br)c2)C1. The summed E-state index contributed by atoms with van der Waals surface area (Å²) >= 11 is 3.22. The summed E-state index contributed by atoms with van der Waals surface area (Å²) in [6.45, 7) is 2.58. The molecule has 0 aliphatic heterocycles. The van der Waals surface area contributed by atoms with E-state index in [1.165, 1.54) is 6.07 Å². The van der Waals surface area contributed by atoms with Gasteiger partial charge in [-0.3, -0.25) is 4.99 Å². The first-order chi connectivity index (χ1) is 9.99. The molecule has 0 bridgehead atoms. The lowest BCUT2D eigenvalue weighted by molar-refractivity contribution is 0.179. The summed E-state index contributed by atoms with van der Waals surface area (Å²) in [5.74, 6) is 0.663. The van der Waals surface area contributed by atoms with Crippen LogP contribution in [0.1, 0.15) is 31.2 Å². The highest BCUT2D eigenvalue weighted by atomic mass is 79.9. The van der Waals surface area contributed by atoms with Crippen LogP contribution in [0.25, 0.3) is 0 Å². The van der Waals surface area contributed by atoms with Crippen LogP contribution >= 0.6 is 15.9 Å².